The first kappa shape index (κ1) is 13.0. The number of rotatable bonds is 4. The van der Waals surface area contributed by atoms with Crippen molar-refractivity contribution < 1.29 is 18.7 Å². The number of hydrogen-bond acceptors (Lipinski definition) is 3. The minimum Gasteiger partial charge on any atom is -0.476 e. The van der Waals surface area contributed by atoms with Crippen molar-refractivity contribution in [2.24, 2.45) is 0 Å². The van der Waals surface area contributed by atoms with Crippen molar-refractivity contribution in [1.82, 2.24) is 0 Å². The molecule has 0 spiro atoms. The van der Waals surface area contributed by atoms with Gasteiger partial charge in [-0.15, -0.1) is 0 Å². The van der Waals surface area contributed by atoms with Gasteiger partial charge < -0.3 is 9.47 Å². The Hall–Kier alpha value is -1.10. The molecule has 0 aliphatic rings. The molecule has 88 valence electrons. The highest BCUT2D eigenvalue weighted by molar-refractivity contribution is 9.10. The van der Waals surface area contributed by atoms with E-state index in [4.69, 9.17) is 9.47 Å². The number of halogens is 2. The van der Waals surface area contributed by atoms with Crippen LogP contribution in [0.2, 0.25) is 0 Å². The number of carbonyl (C=O) groups is 1. The number of esters is 1. The summed E-state index contributed by atoms with van der Waals surface area (Å²) < 4.78 is 23.9. The van der Waals surface area contributed by atoms with E-state index in [9.17, 15) is 9.18 Å². The fourth-order valence-corrected chi connectivity index (χ4v) is 1.40. The summed E-state index contributed by atoms with van der Waals surface area (Å²) in [6, 6.07) is 4.36. The first-order chi connectivity index (χ1) is 7.54. The first-order valence-electron chi connectivity index (χ1n) is 4.83. The van der Waals surface area contributed by atoms with E-state index in [-0.39, 0.29) is 12.4 Å². The van der Waals surface area contributed by atoms with Crippen LogP contribution in [-0.4, -0.2) is 18.7 Å². The third-order valence-electron chi connectivity index (χ3n) is 1.82. The Labute approximate surface area is 102 Å². The average Bonchev–Trinajstić information content (AvgIpc) is 2.22. The molecule has 0 fully saturated rings. The van der Waals surface area contributed by atoms with Crippen molar-refractivity contribution >= 4 is 21.9 Å². The zero-order valence-electron chi connectivity index (χ0n) is 9.00. The van der Waals surface area contributed by atoms with Crippen LogP contribution in [-0.2, 0) is 9.53 Å². The van der Waals surface area contributed by atoms with Gasteiger partial charge in [-0.2, -0.15) is 0 Å². The lowest BCUT2D eigenvalue weighted by atomic mass is 10.3. The Kier molecular flexibility index (Phi) is 4.73. The van der Waals surface area contributed by atoms with Crippen LogP contribution >= 0.6 is 15.9 Å². The van der Waals surface area contributed by atoms with Crippen molar-refractivity contribution in [2.45, 2.75) is 20.0 Å². The zero-order valence-corrected chi connectivity index (χ0v) is 10.6. The molecule has 5 heteroatoms. The van der Waals surface area contributed by atoms with E-state index in [1.807, 2.05) is 0 Å². The monoisotopic (exact) mass is 290 g/mol. The van der Waals surface area contributed by atoms with Gasteiger partial charge in [0.25, 0.3) is 0 Å². The van der Waals surface area contributed by atoms with E-state index in [0.717, 1.165) is 0 Å². The Morgan fingerprint density at radius 2 is 2.25 bits per heavy atom. The quantitative estimate of drug-likeness (QED) is 0.800. The fraction of sp³-hybridized carbons (Fsp3) is 0.364. The van der Waals surface area contributed by atoms with Gasteiger partial charge >= 0.3 is 5.97 Å². The lowest BCUT2D eigenvalue weighted by Crippen LogP contribution is -2.26. The second kappa shape index (κ2) is 5.84. The van der Waals surface area contributed by atoms with E-state index < -0.39 is 17.9 Å². The zero-order chi connectivity index (χ0) is 12.1. The molecule has 3 nitrogen and oxygen atoms in total. The molecule has 0 heterocycles. The summed E-state index contributed by atoms with van der Waals surface area (Å²) in [6.07, 6.45) is -0.823. The first-order valence-corrected chi connectivity index (χ1v) is 5.62. The Morgan fingerprint density at radius 3 is 2.81 bits per heavy atom. The van der Waals surface area contributed by atoms with Crippen LogP contribution in [0.5, 0.6) is 5.75 Å². The number of ether oxygens (including phenoxy) is 2. The largest absolute Gasteiger partial charge is 0.476 e. The van der Waals surface area contributed by atoms with Gasteiger partial charge in [0.05, 0.1) is 6.61 Å². The Balaban J connectivity index is 2.69. The smallest absolute Gasteiger partial charge is 0.347 e. The molecule has 1 aromatic rings. The summed E-state index contributed by atoms with van der Waals surface area (Å²) in [6.45, 7) is 3.49. The number of hydrogen-bond donors (Lipinski definition) is 0. The summed E-state index contributed by atoms with van der Waals surface area (Å²) in [5.74, 6) is -1.00. The third-order valence-corrected chi connectivity index (χ3v) is 2.31. The SMILES string of the molecule is CCOC(=O)C(C)Oc1ccc(Br)cc1F. The molecular weight excluding hydrogens is 279 g/mol. The molecule has 1 aromatic carbocycles. The topological polar surface area (TPSA) is 35.5 Å². The maximum atomic E-state index is 13.4. The van der Waals surface area contributed by atoms with Crippen molar-refractivity contribution in [2.75, 3.05) is 6.61 Å². The highest BCUT2D eigenvalue weighted by atomic mass is 79.9. The normalized spacial score (nSPS) is 12.0. The lowest BCUT2D eigenvalue weighted by Gasteiger charge is -2.13. The molecule has 0 amide bonds. The molecule has 0 aliphatic carbocycles. The molecule has 0 aromatic heterocycles. The van der Waals surface area contributed by atoms with Gasteiger partial charge in [-0.05, 0) is 32.0 Å². The summed E-state index contributed by atoms with van der Waals surface area (Å²) in [5.41, 5.74) is 0. The molecule has 0 radical (unpaired) electrons. The summed E-state index contributed by atoms with van der Waals surface area (Å²) in [5, 5.41) is 0. The third kappa shape index (κ3) is 3.48. The highest BCUT2D eigenvalue weighted by Crippen LogP contribution is 2.22. The molecule has 16 heavy (non-hydrogen) atoms. The Bertz CT molecular complexity index is 381. The van der Waals surface area contributed by atoms with Gasteiger partial charge in [0, 0.05) is 4.47 Å². The summed E-state index contributed by atoms with van der Waals surface area (Å²) >= 11 is 3.13. The second-order valence-electron chi connectivity index (χ2n) is 3.09. The highest BCUT2D eigenvalue weighted by Gasteiger charge is 2.17. The molecule has 1 rings (SSSR count). The van der Waals surface area contributed by atoms with Gasteiger partial charge in [-0.1, -0.05) is 15.9 Å². The van der Waals surface area contributed by atoms with E-state index >= 15 is 0 Å². The van der Waals surface area contributed by atoms with Crippen molar-refractivity contribution in [3.05, 3.63) is 28.5 Å². The summed E-state index contributed by atoms with van der Waals surface area (Å²) in [7, 11) is 0. The minimum absolute atomic E-state index is 0.0313. The second-order valence-corrected chi connectivity index (χ2v) is 4.00. The molecule has 1 atom stereocenters. The molecule has 0 bridgehead atoms. The maximum Gasteiger partial charge on any atom is 0.347 e. The number of benzene rings is 1. The molecule has 1 unspecified atom stereocenters. The molecule has 0 N–H and O–H groups in total. The van der Waals surface area contributed by atoms with Crippen LogP contribution in [0, 0.1) is 5.82 Å². The maximum absolute atomic E-state index is 13.4. The predicted molar refractivity (Wildman–Crippen MR) is 60.8 cm³/mol. The van der Waals surface area contributed by atoms with Gasteiger partial charge in [-0.25, -0.2) is 9.18 Å². The van der Waals surface area contributed by atoms with Crippen LogP contribution in [0.4, 0.5) is 4.39 Å². The van der Waals surface area contributed by atoms with Gasteiger partial charge in [0.2, 0.25) is 0 Å². The fourth-order valence-electron chi connectivity index (χ4n) is 1.07. The summed E-state index contributed by atoms with van der Waals surface area (Å²) in [4.78, 5) is 11.2. The van der Waals surface area contributed by atoms with Crippen molar-refractivity contribution in [1.29, 1.82) is 0 Å². The molecule has 0 aliphatic heterocycles. The number of carbonyl (C=O) groups excluding carboxylic acids is 1. The van der Waals surface area contributed by atoms with Crippen LogP contribution in [0.3, 0.4) is 0 Å². The standard InChI is InChI=1S/C11H12BrFO3/c1-3-15-11(14)7(2)16-10-5-4-8(12)6-9(10)13/h4-7H,3H2,1-2H3. The molecular formula is C11H12BrFO3. The van der Waals surface area contributed by atoms with Crippen molar-refractivity contribution in [3.63, 3.8) is 0 Å². The predicted octanol–water partition coefficient (Wildman–Crippen LogP) is 2.92. The van der Waals surface area contributed by atoms with Crippen molar-refractivity contribution in [3.8, 4) is 5.75 Å². The average molecular weight is 291 g/mol. The van der Waals surface area contributed by atoms with Crippen LogP contribution < -0.4 is 4.74 Å². The van der Waals surface area contributed by atoms with Gasteiger partial charge in [-0.3, -0.25) is 0 Å². The lowest BCUT2D eigenvalue weighted by molar-refractivity contribution is -0.150. The van der Waals surface area contributed by atoms with Crippen LogP contribution in [0.25, 0.3) is 0 Å². The molecule has 0 saturated carbocycles. The van der Waals surface area contributed by atoms with E-state index in [2.05, 4.69) is 15.9 Å². The van der Waals surface area contributed by atoms with E-state index in [1.54, 1.807) is 13.0 Å². The van der Waals surface area contributed by atoms with Gasteiger partial charge in [0.1, 0.15) is 0 Å². The van der Waals surface area contributed by atoms with E-state index in [1.165, 1.54) is 19.1 Å². The van der Waals surface area contributed by atoms with Gasteiger partial charge in [0.15, 0.2) is 17.7 Å². The molecule has 0 saturated heterocycles. The van der Waals surface area contributed by atoms with E-state index in [0.29, 0.717) is 4.47 Å². The Morgan fingerprint density at radius 1 is 1.56 bits per heavy atom. The van der Waals surface area contributed by atoms with Crippen LogP contribution in [0.1, 0.15) is 13.8 Å². The van der Waals surface area contributed by atoms with Crippen LogP contribution in [0.15, 0.2) is 22.7 Å². The minimum atomic E-state index is -0.823.